The minimum atomic E-state index is -3.75. The van der Waals surface area contributed by atoms with Crippen molar-refractivity contribution in [2.45, 2.75) is 91.5 Å². The molecule has 0 saturated carbocycles. The first-order chi connectivity index (χ1) is 25.3. The lowest BCUT2D eigenvalue weighted by Gasteiger charge is -2.30. The highest BCUT2D eigenvalue weighted by Crippen LogP contribution is 2.24. The Morgan fingerprint density at radius 3 is 1.96 bits per heavy atom. The summed E-state index contributed by atoms with van der Waals surface area (Å²) in [5, 5.41) is 23.1. The van der Waals surface area contributed by atoms with Gasteiger partial charge in [0.1, 0.15) is 6.04 Å². The van der Waals surface area contributed by atoms with Crippen molar-refractivity contribution in [1.29, 1.82) is 0 Å². The van der Waals surface area contributed by atoms with Crippen molar-refractivity contribution in [3.8, 4) is 0 Å². The summed E-state index contributed by atoms with van der Waals surface area (Å²) in [7, 11) is -0.324. The van der Waals surface area contributed by atoms with Crippen LogP contribution in [0.2, 0.25) is 0 Å². The zero-order valence-corrected chi connectivity index (χ0v) is 34.2. The molecule has 0 spiro atoms. The zero-order chi connectivity index (χ0) is 40.3. The largest absolute Gasteiger partial charge is 0.391 e. The van der Waals surface area contributed by atoms with Crippen molar-refractivity contribution < 1.29 is 32.7 Å². The Morgan fingerprint density at radius 2 is 1.43 bits per heavy atom. The van der Waals surface area contributed by atoms with Crippen molar-refractivity contribution in [2.75, 3.05) is 44.3 Å². The Labute approximate surface area is 322 Å². The molecule has 3 rings (SSSR count). The van der Waals surface area contributed by atoms with Crippen LogP contribution < -0.4 is 25.6 Å². The molecule has 0 radical (unpaired) electrons. The number of benzene rings is 2. The summed E-state index contributed by atoms with van der Waals surface area (Å²) >= 11 is 0. The summed E-state index contributed by atoms with van der Waals surface area (Å²) in [6, 6.07) is 11.6. The van der Waals surface area contributed by atoms with Crippen LogP contribution in [0.15, 0.2) is 48.5 Å². The average Bonchev–Trinajstić information content (AvgIpc) is 3.11. The number of amides is 4. The normalized spacial score (nSPS) is 16.9. The number of rotatable bonds is 18. The van der Waals surface area contributed by atoms with Gasteiger partial charge in [-0.1, -0.05) is 65.0 Å². The first-order valence-corrected chi connectivity index (χ1v) is 20.8. The highest BCUT2D eigenvalue weighted by Gasteiger charge is 2.31. The van der Waals surface area contributed by atoms with E-state index in [-0.39, 0.29) is 52.9 Å². The Balaban J connectivity index is 1.75. The highest BCUT2D eigenvalue weighted by atomic mass is 32.2. The fourth-order valence-corrected chi connectivity index (χ4v) is 7.00. The van der Waals surface area contributed by atoms with E-state index in [0.29, 0.717) is 18.9 Å². The number of carbonyl (C=O) groups is 4. The lowest BCUT2D eigenvalue weighted by molar-refractivity contribution is -0.132. The number of nitrogens with one attached hydrogen (secondary N) is 4. The summed E-state index contributed by atoms with van der Waals surface area (Å²) in [6.45, 7) is 13.7. The van der Waals surface area contributed by atoms with Gasteiger partial charge in [0, 0.05) is 30.6 Å². The molecule has 5 unspecified atom stereocenters. The fourth-order valence-electron chi connectivity index (χ4n) is 6.51. The van der Waals surface area contributed by atoms with E-state index in [1.807, 2.05) is 65.0 Å². The summed E-state index contributed by atoms with van der Waals surface area (Å²) in [6.07, 6.45) is 2.28. The molecule has 0 bridgehead atoms. The molecule has 1 heterocycles. The molecule has 0 aliphatic carbocycles. The summed E-state index contributed by atoms with van der Waals surface area (Å²) in [5.74, 6) is -2.15. The van der Waals surface area contributed by atoms with Crippen LogP contribution >= 0.6 is 0 Å². The van der Waals surface area contributed by atoms with Crippen LogP contribution in [0.1, 0.15) is 99.5 Å². The lowest BCUT2D eigenvalue weighted by Crippen LogP contribution is -2.52. The molecule has 1 saturated heterocycles. The van der Waals surface area contributed by atoms with Gasteiger partial charge >= 0.3 is 0 Å². The van der Waals surface area contributed by atoms with Crippen LogP contribution in [0.5, 0.6) is 0 Å². The van der Waals surface area contributed by atoms with Gasteiger partial charge in [-0.15, -0.1) is 0 Å². The quantitative estimate of drug-likeness (QED) is 0.152. The zero-order valence-electron chi connectivity index (χ0n) is 33.4. The van der Waals surface area contributed by atoms with Crippen molar-refractivity contribution in [3.63, 3.8) is 0 Å². The number of nitrogens with zero attached hydrogens (tertiary/aromatic N) is 2. The molecule has 2 aromatic carbocycles. The van der Waals surface area contributed by atoms with E-state index in [4.69, 9.17) is 0 Å². The molecule has 1 fully saturated rings. The summed E-state index contributed by atoms with van der Waals surface area (Å²) in [4.78, 5) is 56.1. The second kappa shape index (κ2) is 20.1. The Morgan fingerprint density at radius 1 is 0.852 bits per heavy atom. The van der Waals surface area contributed by atoms with Crippen LogP contribution in [0.4, 0.5) is 5.69 Å². The number of hydrogen-bond donors (Lipinski definition) is 5. The third-order valence-electron chi connectivity index (χ3n) is 10.1. The third kappa shape index (κ3) is 13.4. The van der Waals surface area contributed by atoms with Crippen molar-refractivity contribution >= 4 is 39.3 Å². The standard InChI is InChI=1S/C40H62N6O7S/c1-25(2)19-34(35(47)20-27(5)37(48)44-36(26(3)4)40(51)41-24-29-15-17-45(7)18-16-29)43-39(50)32-21-31(22-33(23-32)46(8)54(9,52)53)38(49)42-28(6)30-13-11-10-12-14-30/h10-14,21-23,25-29,34-36,47H,15-20,24H2,1-9H3,(H,41,51)(H,42,49)(H,43,50)(H,44,48). The van der Waals surface area contributed by atoms with E-state index in [1.165, 1.54) is 25.2 Å². The maximum atomic E-state index is 13.8. The monoisotopic (exact) mass is 770 g/mol. The second-order valence-electron chi connectivity index (χ2n) is 15.7. The molecular formula is C40H62N6O7S. The van der Waals surface area contributed by atoms with Gasteiger partial charge in [-0.25, -0.2) is 8.42 Å². The third-order valence-corrected chi connectivity index (χ3v) is 11.4. The number of piperidine rings is 1. The molecule has 300 valence electrons. The SMILES string of the molecule is CC(C)CC(NC(=O)c1cc(C(=O)NC(C)c2ccccc2)cc(N(C)S(C)(=O)=O)c1)C(O)CC(C)C(=O)NC(C(=O)NCC1CCN(C)CC1)C(C)C. The molecule has 4 amide bonds. The van der Waals surface area contributed by atoms with Crippen molar-refractivity contribution in [3.05, 3.63) is 65.2 Å². The number of sulfonamides is 1. The Hall–Kier alpha value is -4.01. The number of hydrogen-bond acceptors (Lipinski definition) is 8. The molecule has 1 aliphatic rings. The van der Waals surface area contributed by atoms with Gasteiger partial charge in [0.05, 0.1) is 30.1 Å². The van der Waals surface area contributed by atoms with Gasteiger partial charge < -0.3 is 31.3 Å². The topological polar surface area (TPSA) is 177 Å². The minimum absolute atomic E-state index is 0.00735. The molecule has 2 aromatic rings. The van der Waals surface area contributed by atoms with Gasteiger partial charge in [-0.2, -0.15) is 0 Å². The Kier molecular flexibility index (Phi) is 16.5. The van der Waals surface area contributed by atoms with E-state index >= 15 is 0 Å². The van der Waals surface area contributed by atoms with Gasteiger partial charge in [-0.3, -0.25) is 23.5 Å². The number of aliphatic hydroxyl groups excluding tert-OH is 1. The van der Waals surface area contributed by atoms with Crippen molar-refractivity contribution in [1.82, 2.24) is 26.2 Å². The molecule has 1 aliphatic heterocycles. The molecule has 0 aromatic heterocycles. The van der Waals surface area contributed by atoms with Gasteiger partial charge in [0.25, 0.3) is 11.8 Å². The van der Waals surface area contributed by atoms with Crippen LogP contribution in [0, 0.1) is 23.7 Å². The van der Waals surface area contributed by atoms with Crippen LogP contribution in [0.25, 0.3) is 0 Å². The predicted molar refractivity (Wildman–Crippen MR) is 213 cm³/mol. The van der Waals surface area contributed by atoms with Crippen LogP contribution in [-0.4, -0.2) is 100 Å². The van der Waals surface area contributed by atoms with E-state index < -0.39 is 45.9 Å². The highest BCUT2D eigenvalue weighted by molar-refractivity contribution is 7.92. The Bertz CT molecular complexity index is 1680. The van der Waals surface area contributed by atoms with E-state index in [0.717, 1.165) is 42.1 Å². The predicted octanol–water partition coefficient (Wildman–Crippen LogP) is 3.70. The fraction of sp³-hybridized carbons (Fsp3) is 0.600. The molecular weight excluding hydrogens is 709 g/mol. The number of likely N-dealkylation sites (tertiary alicyclic amines) is 1. The molecule has 14 heteroatoms. The van der Waals surface area contributed by atoms with Crippen molar-refractivity contribution in [2.24, 2.45) is 23.7 Å². The molecule has 5 atom stereocenters. The minimum Gasteiger partial charge on any atom is -0.391 e. The first kappa shape index (κ1) is 44.4. The molecule has 13 nitrogen and oxygen atoms in total. The first-order valence-electron chi connectivity index (χ1n) is 19.0. The van der Waals surface area contributed by atoms with Crippen LogP contribution in [-0.2, 0) is 19.6 Å². The van der Waals surface area contributed by atoms with Gasteiger partial charge in [0.15, 0.2) is 0 Å². The van der Waals surface area contributed by atoms with E-state index in [2.05, 4.69) is 33.2 Å². The lowest BCUT2D eigenvalue weighted by atomic mass is 9.91. The number of aliphatic hydroxyl groups is 1. The summed E-state index contributed by atoms with van der Waals surface area (Å²) in [5.41, 5.74) is 1.09. The summed E-state index contributed by atoms with van der Waals surface area (Å²) < 4.78 is 26.0. The second-order valence-corrected chi connectivity index (χ2v) is 17.8. The number of anilines is 1. The maximum absolute atomic E-state index is 13.8. The number of carbonyl (C=O) groups excluding carboxylic acids is 4. The van der Waals surface area contributed by atoms with Gasteiger partial charge in [0.2, 0.25) is 21.8 Å². The van der Waals surface area contributed by atoms with Gasteiger partial charge in [-0.05, 0) is 94.3 Å². The molecule has 54 heavy (non-hydrogen) atoms. The maximum Gasteiger partial charge on any atom is 0.251 e. The smallest absolute Gasteiger partial charge is 0.251 e. The van der Waals surface area contributed by atoms with Crippen LogP contribution in [0.3, 0.4) is 0 Å². The van der Waals surface area contributed by atoms with E-state index in [1.54, 1.807) is 6.92 Å². The molecule has 5 N–H and O–H groups in total. The van der Waals surface area contributed by atoms with E-state index in [9.17, 15) is 32.7 Å². The average molecular weight is 771 g/mol.